The van der Waals surface area contributed by atoms with Gasteiger partial charge in [-0.2, -0.15) is 0 Å². The monoisotopic (exact) mass is 248 g/mol. The first-order valence-electron chi connectivity index (χ1n) is 4.89. The van der Waals surface area contributed by atoms with Gasteiger partial charge in [-0.25, -0.2) is 0 Å². The van der Waals surface area contributed by atoms with Crippen LogP contribution in [0.5, 0.6) is 5.75 Å². The first-order chi connectivity index (χ1) is 7.08. The Kier molecular flexibility index (Phi) is 4.26. The molecule has 0 saturated heterocycles. The van der Waals surface area contributed by atoms with Gasteiger partial charge in [0.25, 0.3) is 0 Å². The molecule has 0 bridgehead atoms. The van der Waals surface area contributed by atoms with Gasteiger partial charge in [-0.3, -0.25) is 0 Å². The number of phenols is 1. The van der Waals surface area contributed by atoms with Crippen LogP contribution in [-0.4, -0.2) is 10.2 Å². The normalized spacial score (nSPS) is 10.7. The summed E-state index contributed by atoms with van der Waals surface area (Å²) in [6.45, 7) is 3.59. The fraction of sp³-hybridized carbons (Fsp3) is 0.455. The van der Waals surface area contributed by atoms with Gasteiger partial charge >= 0.3 is 0 Å². The maximum atomic E-state index is 9.92. The van der Waals surface area contributed by atoms with Crippen LogP contribution in [0.4, 0.5) is 0 Å². The molecule has 0 heterocycles. The highest BCUT2D eigenvalue weighted by Crippen LogP contribution is 2.39. The zero-order valence-corrected chi connectivity index (χ0v) is 10.3. The Morgan fingerprint density at radius 1 is 0.933 bits per heavy atom. The van der Waals surface area contributed by atoms with Crippen LogP contribution >= 0.6 is 23.2 Å². The minimum atomic E-state index is -0.210. The van der Waals surface area contributed by atoms with Crippen LogP contribution in [0.25, 0.3) is 0 Å². The fourth-order valence-electron chi connectivity index (χ4n) is 1.63. The minimum absolute atomic E-state index is 0.159. The molecule has 0 saturated carbocycles. The maximum Gasteiger partial charge on any atom is 0.124 e. The van der Waals surface area contributed by atoms with Gasteiger partial charge in [0.1, 0.15) is 5.75 Å². The molecule has 0 unspecified atom stereocenters. The van der Waals surface area contributed by atoms with Crippen molar-refractivity contribution in [1.82, 2.24) is 0 Å². The second kappa shape index (κ2) is 5.06. The van der Waals surface area contributed by atoms with Crippen molar-refractivity contribution in [3.63, 3.8) is 0 Å². The van der Waals surface area contributed by atoms with Crippen LogP contribution < -0.4 is 0 Å². The summed E-state index contributed by atoms with van der Waals surface area (Å²) in [5, 5.41) is 19.8. The van der Waals surface area contributed by atoms with Crippen molar-refractivity contribution in [1.29, 1.82) is 0 Å². The van der Waals surface area contributed by atoms with E-state index in [2.05, 4.69) is 0 Å². The summed E-state index contributed by atoms with van der Waals surface area (Å²) in [5.74, 6) is 0.159. The molecule has 2 nitrogen and oxygen atoms in total. The van der Waals surface area contributed by atoms with Crippen molar-refractivity contribution in [2.45, 2.75) is 33.3 Å². The van der Waals surface area contributed by atoms with E-state index in [9.17, 15) is 10.2 Å². The molecule has 0 aliphatic carbocycles. The van der Waals surface area contributed by atoms with Crippen LogP contribution in [0.2, 0.25) is 10.0 Å². The second-order valence-electron chi connectivity index (χ2n) is 3.28. The highest BCUT2D eigenvalue weighted by molar-refractivity contribution is 6.37. The van der Waals surface area contributed by atoms with Gasteiger partial charge < -0.3 is 10.2 Å². The summed E-state index contributed by atoms with van der Waals surface area (Å²) in [6, 6.07) is 0. The average molecular weight is 249 g/mol. The molecule has 4 heteroatoms. The van der Waals surface area contributed by atoms with E-state index >= 15 is 0 Å². The second-order valence-corrected chi connectivity index (χ2v) is 4.03. The van der Waals surface area contributed by atoms with Gasteiger partial charge in [-0.1, -0.05) is 37.0 Å². The Morgan fingerprint density at radius 3 is 1.60 bits per heavy atom. The molecule has 0 aliphatic rings. The van der Waals surface area contributed by atoms with E-state index in [0.717, 1.165) is 0 Å². The zero-order chi connectivity index (χ0) is 11.6. The van der Waals surface area contributed by atoms with E-state index in [1.807, 2.05) is 13.8 Å². The van der Waals surface area contributed by atoms with Gasteiger partial charge in [0.05, 0.1) is 16.7 Å². The summed E-state index contributed by atoms with van der Waals surface area (Å²) < 4.78 is 0. The lowest BCUT2D eigenvalue weighted by atomic mass is 10.0. The number of rotatable bonds is 3. The Morgan fingerprint density at radius 2 is 1.33 bits per heavy atom. The molecule has 2 N–H and O–H groups in total. The topological polar surface area (TPSA) is 40.5 Å². The van der Waals surface area contributed by atoms with E-state index < -0.39 is 0 Å². The fourth-order valence-corrected chi connectivity index (χ4v) is 2.44. The smallest absolute Gasteiger partial charge is 0.124 e. The Hall–Kier alpha value is -0.440. The third-order valence-corrected chi connectivity index (χ3v) is 3.41. The molecule has 0 amide bonds. The van der Waals surface area contributed by atoms with Gasteiger partial charge in [-0.15, -0.1) is 0 Å². The molecule has 0 spiro atoms. The molecule has 0 atom stereocenters. The number of hydrogen-bond donors (Lipinski definition) is 2. The quantitative estimate of drug-likeness (QED) is 0.862. The van der Waals surface area contributed by atoms with E-state index in [1.54, 1.807) is 0 Å². The lowest BCUT2D eigenvalue weighted by molar-refractivity contribution is 0.281. The predicted octanol–water partition coefficient (Wildman–Crippen LogP) is 3.32. The molecule has 1 aromatic carbocycles. The Bertz CT molecular complexity index is 297. The third kappa shape index (κ3) is 2.07. The number of halogens is 2. The number of benzene rings is 1. The molecular weight excluding hydrogens is 235 g/mol. The van der Waals surface area contributed by atoms with E-state index in [-0.39, 0.29) is 12.4 Å². The van der Waals surface area contributed by atoms with Gasteiger partial charge in [0, 0.05) is 16.7 Å². The van der Waals surface area contributed by atoms with Crippen molar-refractivity contribution in [2.24, 2.45) is 0 Å². The molecule has 1 rings (SSSR count). The van der Waals surface area contributed by atoms with Gasteiger partial charge in [0.2, 0.25) is 0 Å². The highest BCUT2D eigenvalue weighted by atomic mass is 35.5. The lowest BCUT2D eigenvalue weighted by Gasteiger charge is -2.15. The van der Waals surface area contributed by atoms with Gasteiger partial charge in [-0.05, 0) is 12.8 Å². The summed E-state index contributed by atoms with van der Waals surface area (Å²) >= 11 is 12.1. The summed E-state index contributed by atoms with van der Waals surface area (Å²) in [5.41, 5.74) is 1.81. The van der Waals surface area contributed by atoms with Crippen molar-refractivity contribution in [3.8, 4) is 5.75 Å². The molecule has 1 aromatic rings. The predicted molar refractivity (Wildman–Crippen MR) is 62.8 cm³/mol. The first kappa shape index (κ1) is 12.6. The highest BCUT2D eigenvalue weighted by Gasteiger charge is 2.19. The standard InChI is InChI=1S/C11H14Cl2O2/c1-3-6-9(12)8(5-14)10(13)7(4-2)11(6)15/h14-15H,3-5H2,1-2H3. The van der Waals surface area contributed by atoms with Crippen molar-refractivity contribution < 1.29 is 10.2 Å². The molecule has 84 valence electrons. The van der Waals surface area contributed by atoms with E-state index in [0.29, 0.717) is 39.6 Å². The largest absolute Gasteiger partial charge is 0.507 e. The SMILES string of the molecule is CCc1c(O)c(CC)c(Cl)c(CO)c1Cl. The van der Waals surface area contributed by atoms with Crippen LogP contribution in [0, 0.1) is 0 Å². The maximum absolute atomic E-state index is 9.92. The van der Waals surface area contributed by atoms with Crippen LogP contribution in [0.1, 0.15) is 30.5 Å². The number of aliphatic hydroxyl groups excluding tert-OH is 1. The molecule has 0 radical (unpaired) electrons. The number of aliphatic hydroxyl groups is 1. The molecule has 0 aliphatic heterocycles. The molecule has 15 heavy (non-hydrogen) atoms. The van der Waals surface area contributed by atoms with Gasteiger partial charge in [0.15, 0.2) is 0 Å². The average Bonchev–Trinajstić information content (AvgIpc) is 2.19. The van der Waals surface area contributed by atoms with E-state index in [1.165, 1.54) is 0 Å². The summed E-state index contributed by atoms with van der Waals surface area (Å²) in [7, 11) is 0. The Labute approximate surface area is 99.5 Å². The van der Waals surface area contributed by atoms with Crippen LogP contribution in [0.15, 0.2) is 0 Å². The number of hydrogen-bond acceptors (Lipinski definition) is 2. The first-order valence-corrected chi connectivity index (χ1v) is 5.65. The number of aromatic hydroxyl groups is 1. The third-order valence-electron chi connectivity index (χ3n) is 2.50. The minimum Gasteiger partial charge on any atom is -0.507 e. The van der Waals surface area contributed by atoms with Crippen LogP contribution in [0.3, 0.4) is 0 Å². The summed E-state index contributed by atoms with van der Waals surface area (Å²) in [4.78, 5) is 0. The Balaban J connectivity index is 3.57. The van der Waals surface area contributed by atoms with Crippen molar-refractivity contribution >= 4 is 23.2 Å². The van der Waals surface area contributed by atoms with Crippen molar-refractivity contribution in [2.75, 3.05) is 0 Å². The zero-order valence-electron chi connectivity index (χ0n) is 8.77. The molecule has 0 aromatic heterocycles. The number of phenolic OH excluding ortho intramolecular Hbond substituents is 1. The lowest BCUT2D eigenvalue weighted by Crippen LogP contribution is -1.98. The van der Waals surface area contributed by atoms with E-state index in [4.69, 9.17) is 23.2 Å². The summed E-state index contributed by atoms with van der Waals surface area (Å²) in [6.07, 6.45) is 1.23. The van der Waals surface area contributed by atoms with Crippen LogP contribution in [-0.2, 0) is 19.4 Å². The molecular formula is C11H14Cl2O2. The van der Waals surface area contributed by atoms with Crippen molar-refractivity contribution in [3.05, 3.63) is 26.7 Å². The molecule has 0 fully saturated rings.